The fraction of sp³-hybridized carbons (Fsp3) is 0.278. The minimum absolute atomic E-state index is 0.137. The summed E-state index contributed by atoms with van der Waals surface area (Å²) < 4.78 is 0. The lowest BCUT2D eigenvalue weighted by molar-refractivity contribution is -0.114. The average molecular weight is 326 g/mol. The SMILES string of the molecule is CNC(=O)c1cccc(N(C)CC(=O)Nc2c(C)cccc2C)n1. The molecule has 0 atom stereocenters. The molecule has 2 rings (SSSR count). The summed E-state index contributed by atoms with van der Waals surface area (Å²) in [4.78, 5) is 29.9. The first kappa shape index (κ1) is 17.5. The van der Waals surface area contributed by atoms with E-state index < -0.39 is 0 Å². The van der Waals surface area contributed by atoms with Gasteiger partial charge in [-0.05, 0) is 37.1 Å². The number of aryl methyl sites for hydroxylation is 2. The lowest BCUT2D eigenvalue weighted by Crippen LogP contribution is -2.31. The lowest BCUT2D eigenvalue weighted by atomic mass is 10.1. The molecule has 126 valence electrons. The highest BCUT2D eigenvalue weighted by Crippen LogP contribution is 2.19. The van der Waals surface area contributed by atoms with Crippen LogP contribution < -0.4 is 15.5 Å². The summed E-state index contributed by atoms with van der Waals surface area (Å²) in [6, 6.07) is 11.0. The Morgan fingerprint density at radius 2 is 1.71 bits per heavy atom. The van der Waals surface area contributed by atoms with Gasteiger partial charge in [-0.1, -0.05) is 24.3 Å². The van der Waals surface area contributed by atoms with Crippen molar-refractivity contribution < 1.29 is 9.59 Å². The summed E-state index contributed by atoms with van der Waals surface area (Å²) in [6.45, 7) is 4.05. The highest BCUT2D eigenvalue weighted by molar-refractivity contribution is 5.95. The van der Waals surface area contributed by atoms with Gasteiger partial charge in [0, 0.05) is 19.8 Å². The van der Waals surface area contributed by atoms with Crippen LogP contribution in [0.1, 0.15) is 21.6 Å². The van der Waals surface area contributed by atoms with Gasteiger partial charge in [0.1, 0.15) is 11.5 Å². The second-order valence-corrected chi connectivity index (χ2v) is 5.63. The Morgan fingerprint density at radius 3 is 2.33 bits per heavy atom. The van der Waals surface area contributed by atoms with Crippen LogP contribution in [-0.2, 0) is 4.79 Å². The number of benzene rings is 1. The fourth-order valence-electron chi connectivity index (χ4n) is 2.38. The summed E-state index contributed by atoms with van der Waals surface area (Å²) in [5.74, 6) is 0.167. The molecule has 1 aromatic heterocycles. The monoisotopic (exact) mass is 326 g/mol. The van der Waals surface area contributed by atoms with Gasteiger partial charge in [0.2, 0.25) is 5.91 Å². The smallest absolute Gasteiger partial charge is 0.269 e. The molecule has 0 saturated carbocycles. The predicted octanol–water partition coefficient (Wildman–Crippen LogP) is 2.13. The van der Waals surface area contributed by atoms with E-state index in [1.165, 1.54) is 0 Å². The number of carbonyl (C=O) groups excluding carboxylic acids is 2. The van der Waals surface area contributed by atoms with E-state index in [1.54, 1.807) is 37.2 Å². The van der Waals surface area contributed by atoms with Crippen LogP contribution in [-0.4, -0.2) is 37.4 Å². The zero-order valence-corrected chi connectivity index (χ0v) is 14.4. The van der Waals surface area contributed by atoms with Crippen LogP contribution in [0.15, 0.2) is 36.4 Å². The number of rotatable bonds is 5. The molecular formula is C18H22N4O2. The highest BCUT2D eigenvalue weighted by atomic mass is 16.2. The zero-order chi connectivity index (χ0) is 17.7. The zero-order valence-electron chi connectivity index (χ0n) is 14.4. The third-order valence-corrected chi connectivity index (χ3v) is 3.71. The predicted molar refractivity (Wildman–Crippen MR) is 95.4 cm³/mol. The first-order chi connectivity index (χ1) is 11.4. The van der Waals surface area contributed by atoms with Crippen LogP contribution >= 0.6 is 0 Å². The topological polar surface area (TPSA) is 74.3 Å². The molecule has 0 radical (unpaired) electrons. The van der Waals surface area contributed by atoms with E-state index in [9.17, 15) is 9.59 Å². The molecule has 0 spiro atoms. The van der Waals surface area contributed by atoms with Gasteiger partial charge >= 0.3 is 0 Å². The number of hydrogen-bond acceptors (Lipinski definition) is 4. The van der Waals surface area contributed by atoms with Gasteiger partial charge in [-0.25, -0.2) is 4.98 Å². The summed E-state index contributed by atoms with van der Waals surface area (Å²) >= 11 is 0. The van der Waals surface area contributed by atoms with E-state index in [0.29, 0.717) is 11.5 Å². The number of hydrogen-bond donors (Lipinski definition) is 2. The van der Waals surface area contributed by atoms with Gasteiger partial charge in [0.05, 0.1) is 6.54 Å². The van der Waals surface area contributed by atoms with Gasteiger partial charge < -0.3 is 15.5 Å². The normalized spacial score (nSPS) is 10.2. The van der Waals surface area contributed by atoms with Gasteiger partial charge in [-0.15, -0.1) is 0 Å². The first-order valence-corrected chi connectivity index (χ1v) is 7.68. The minimum Gasteiger partial charge on any atom is -0.354 e. The first-order valence-electron chi connectivity index (χ1n) is 7.68. The van der Waals surface area contributed by atoms with Crippen molar-refractivity contribution >= 4 is 23.3 Å². The van der Waals surface area contributed by atoms with Crippen LogP contribution in [0.5, 0.6) is 0 Å². The number of nitrogens with zero attached hydrogens (tertiary/aromatic N) is 2. The fourth-order valence-corrected chi connectivity index (χ4v) is 2.38. The molecule has 6 nitrogen and oxygen atoms in total. The standard InChI is InChI=1S/C18H22N4O2/c1-12-7-5-8-13(2)17(12)21-16(23)11-22(4)15-10-6-9-14(20-15)18(24)19-3/h5-10H,11H2,1-4H3,(H,19,24)(H,21,23). The Bertz CT molecular complexity index is 738. The van der Waals surface area contributed by atoms with Gasteiger partial charge in [0.15, 0.2) is 0 Å². The third-order valence-electron chi connectivity index (χ3n) is 3.71. The summed E-state index contributed by atoms with van der Waals surface area (Å²) in [5, 5.41) is 5.47. The molecule has 0 aliphatic carbocycles. The maximum atomic E-state index is 12.3. The Hall–Kier alpha value is -2.89. The molecule has 2 amide bonds. The number of carbonyl (C=O) groups is 2. The number of likely N-dealkylation sites (N-methyl/N-ethyl adjacent to an activating group) is 1. The largest absolute Gasteiger partial charge is 0.354 e. The van der Waals surface area contributed by atoms with Crippen molar-refractivity contribution in [1.29, 1.82) is 0 Å². The number of nitrogens with one attached hydrogen (secondary N) is 2. The van der Waals surface area contributed by atoms with Crippen molar-refractivity contribution in [2.75, 3.05) is 30.9 Å². The van der Waals surface area contributed by atoms with Crippen molar-refractivity contribution in [1.82, 2.24) is 10.3 Å². The molecule has 2 aromatic rings. The summed E-state index contributed by atoms with van der Waals surface area (Å²) in [7, 11) is 3.32. The molecule has 1 aromatic carbocycles. The Kier molecular flexibility index (Phi) is 5.52. The second kappa shape index (κ2) is 7.59. The highest BCUT2D eigenvalue weighted by Gasteiger charge is 2.13. The van der Waals surface area contributed by atoms with Crippen molar-refractivity contribution in [3.05, 3.63) is 53.2 Å². The van der Waals surface area contributed by atoms with Crippen LogP contribution in [0.25, 0.3) is 0 Å². The molecule has 2 N–H and O–H groups in total. The van der Waals surface area contributed by atoms with E-state index in [4.69, 9.17) is 0 Å². The molecule has 0 aliphatic rings. The number of anilines is 2. The van der Waals surface area contributed by atoms with Crippen LogP contribution in [0.4, 0.5) is 11.5 Å². The number of para-hydroxylation sites is 1. The van der Waals surface area contributed by atoms with Crippen molar-refractivity contribution in [2.45, 2.75) is 13.8 Å². The third kappa shape index (κ3) is 4.10. The molecule has 0 unspecified atom stereocenters. The Morgan fingerprint density at radius 1 is 1.08 bits per heavy atom. The van der Waals surface area contributed by atoms with E-state index in [2.05, 4.69) is 15.6 Å². The van der Waals surface area contributed by atoms with Gasteiger partial charge in [-0.2, -0.15) is 0 Å². The van der Waals surface area contributed by atoms with Crippen molar-refractivity contribution in [3.8, 4) is 0 Å². The molecule has 0 saturated heterocycles. The molecule has 0 bridgehead atoms. The van der Waals surface area contributed by atoms with Crippen LogP contribution in [0.2, 0.25) is 0 Å². The van der Waals surface area contributed by atoms with Crippen molar-refractivity contribution in [3.63, 3.8) is 0 Å². The molecule has 6 heteroatoms. The maximum absolute atomic E-state index is 12.3. The van der Waals surface area contributed by atoms with Crippen molar-refractivity contribution in [2.24, 2.45) is 0 Å². The molecule has 1 heterocycles. The van der Waals surface area contributed by atoms with E-state index in [1.807, 2.05) is 32.0 Å². The van der Waals surface area contributed by atoms with Crippen LogP contribution in [0.3, 0.4) is 0 Å². The average Bonchev–Trinajstić information content (AvgIpc) is 2.57. The van der Waals surface area contributed by atoms with Gasteiger partial charge in [-0.3, -0.25) is 9.59 Å². The summed E-state index contributed by atoms with van der Waals surface area (Å²) in [6.07, 6.45) is 0. The van der Waals surface area contributed by atoms with E-state index >= 15 is 0 Å². The molecule has 24 heavy (non-hydrogen) atoms. The Balaban J connectivity index is 2.08. The Labute approximate surface area is 141 Å². The molecule has 0 aliphatic heterocycles. The lowest BCUT2D eigenvalue weighted by Gasteiger charge is -2.19. The second-order valence-electron chi connectivity index (χ2n) is 5.63. The number of pyridine rings is 1. The van der Waals surface area contributed by atoms with Gasteiger partial charge in [0.25, 0.3) is 5.91 Å². The minimum atomic E-state index is -0.259. The maximum Gasteiger partial charge on any atom is 0.269 e. The molecule has 0 fully saturated rings. The summed E-state index contributed by atoms with van der Waals surface area (Å²) in [5.41, 5.74) is 3.19. The number of amides is 2. The number of aromatic nitrogens is 1. The van der Waals surface area contributed by atoms with Crippen LogP contribution in [0, 0.1) is 13.8 Å². The van der Waals surface area contributed by atoms with E-state index in [0.717, 1.165) is 16.8 Å². The van der Waals surface area contributed by atoms with E-state index in [-0.39, 0.29) is 18.4 Å². The molecular weight excluding hydrogens is 304 g/mol. The quantitative estimate of drug-likeness (QED) is 0.883.